The van der Waals surface area contributed by atoms with Crippen molar-refractivity contribution in [3.63, 3.8) is 0 Å². The molecule has 0 aliphatic carbocycles. The Morgan fingerprint density at radius 1 is 1.14 bits per heavy atom. The summed E-state index contributed by atoms with van der Waals surface area (Å²) in [5.41, 5.74) is 8.24. The quantitative estimate of drug-likeness (QED) is 0.834. The van der Waals surface area contributed by atoms with E-state index in [2.05, 4.69) is 62.2 Å². The van der Waals surface area contributed by atoms with Crippen molar-refractivity contribution < 1.29 is 0 Å². The van der Waals surface area contributed by atoms with Gasteiger partial charge in [-0.25, -0.2) is 0 Å². The number of likely N-dealkylation sites (N-methyl/N-ethyl adjacent to an activating group) is 1. The zero-order chi connectivity index (χ0) is 15.3. The average Bonchev–Trinajstić information content (AvgIpc) is 3.04. The summed E-state index contributed by atoms with van der Waals surface area (Å²) in [6, 6.07) is 0.550. The van der Waals surface area contributed by atoms with Crippen molar-refractivity contribution in [1.29, 1.82) is 0 Å². The van der Waals surface area contributed by atoms with Gasteiger partial charge < -0.3 is 15.5 Å². The minimum Gasteiger partial charge on any atom is -0.371 e. The van der Waals surface area contributed by atoms with Crippen LogP contribution in [0, 0.1) is 20.8 Å². The fraction of sp³-hybridized carbons (Fsp3) is 0.588. The Labute approximate surface area is 127 Å². The molecule has 0 aromatic heterocycles. The van der Waals surface area contributed by atoms with Crippen LogP contribution in [0.5, 0.6) is 0 Å². The molecular weight excluding hydrogens is 260 g/mol. The summed E-state index contributed by atoms with van der Waals surface area (Å²) < 4.78 is 0. The Morgan fingerprint density at radius 2 is 1.86 bits per heavy atom. The van der Waals surface area contributed by atoms with Gasteiger partial charge >= 0.3 is 0 Å². The third kappa shape index (κ3) is 2.00. The SMILES string of the molecule is Cc1c(C)c2c(c(C)c1NC1=NCCN1)C(C)C(C)N2C. The fourth-order valence-corrected chi connectivity index (χ4v) is 3.74. The molecule has 21 heavy (non-hydrogen) atoms. The Bertz CT molecular complexity index is 618. The fourth-order valence-electron chi connectivity index (χ4n) is 3.74. The molecular formula is C17H26N4. The van der Waals surface area contributed by atoms with Gasteiger partial charge in [-0.2, -0.15) is 0 Å². The third-order valence-corrected chi connectivity index (χ3v) is 5.39. The van der Waals surface area contributed by atoms with E-state index in [4.69, 9.17) is 0 Å². The second-order valence-electron chi connectivity index (χ2n) is 6.43. The maximum absolute atomic E-state index is 4.47. The summed E-state index contributed by atoms with van der Waals surface area (Å²) in [6.07, 6.45) is 0. The van der Waals surface area contributed by atoms with E-state index in [9.17, 15) is 0 Å². The van der Waals surface area contributed by atoms with E-state index in [0.717, 1.165) is 19.0 Å². The van der Waals surface area contributed by atoms with Crippen LogP contribution in [0.3, 0.4) is 0 Å². The number of fused-ring (bicyclic) bond motifs is 1. The zero-order valence-corrected chi connectivity index (χ0v) is 14.0. The van der Waals surface area contributed by atoms with Crippen molar-refractivity contribution in [3.05, 3.63) is 22.3 Å². The van der Waals surface area contributed by atoms with Crippen molar-refractivity contribution in [3.8, 4) is 0 Å². The molecule has 0 bridgehead atoms. The Balaban J connectivity index is 2.13. The van der Waals surface area contributed by atoms with Crippen molar-refractivity contribution in [2.24, 2.45) is 4.99 Å². The molecule has 0 amide bonds. The molecule has 3 rings (SSSR count). The minimum absolute atomic E-state index is 0.550. The van der Waals surface area contributed by atoms with E-state index >= 15 is 0 Å². The predicted octanol–water partition coefficient (Wildman–Crippen LogP) is 2.92. The number of nitrogens with one attached hydrogen (secondary N) is 2. The van der Waals surface area contributed by atoms with Gasteiger partial charge in [0.05, 0.1) is 6.54 Å². The van der Waals surface area contributed by atoms with Gasteiger partial charge in [0.25, 0.3) is 0 Å². The highest BCUT2D eigenvalue weighted by molar-refractivity contribution is 5.97. The van der Waals surface area contributed by atoms with Gasteiger partial charge in [0.2, 0.25) is 0 Å². The molecule has 2 atom stereocenters. The smallest absolute Gasteiger partial charge is 0.195 e. The molecule has 1 aromatic carbocycles. The standard InChI is InChI=1S/C17H26N4/c1-9-10(2)16-14(11(3)13(5)21(16)6)12(4)15(9)20-17-18-7-8-19-17/h11,13H,7-8H2,1-6H3,(H2,18,19,20). The van der Waals surface area contributed by atoms with Gasteiger partial charge in [0, 0.05) is 36.9 Å². The van der Waals surface area contributed by atoms with Gasteiger partial charge in [-0.15, -0.1) is 0 Å². The molecule has 0 radical (unpaired) electrons. The van der Waals surface area contributed by atoms with Crippen LogP contribution in [0.15, 0.2) is 4.99 Å². The van der Waals surface area contributed by atoms with Crippen LogP contribution >= 0.6 is 0 Å². The third-order valence-electron chi connectivity index (χ3n) is 5.39. The zero-order valence-electron chi connectivity index (χ0n) is 14.0. The molecule has 4 heteroatoms. The topological polar surface area (TPSA) is 39.7 Å². The van der Waals surface area contributed by atoms with E-state index in [-0.39, 0.29) is 0 Å². The summed E-state index contributed by atoms with van der Waals surface area (Å²) in [4.78, 5) is 6.90. The monoisotopic (exact) mass is 286 g/mol. The summed E-state index contributed by atoms with van der Waals surface area (Å²) in [6.45, 7) is 13.1. The normalized spacial score (nSPS) is 23.9. The van der Waals surface area contributed by atoms with Crippen molar-refractivity contribution >= 4 is 17.3 Å². The maximum Gasteiger partial charge on any atom is 0.195 e. The van der Waals surface area contributed by atoms with E-state index in [1.165, 1.54) is 33.6 Å². The Kier molecular flexibility index (Phi) is 3.34. The molecule has 4 nitrogen and oxygen atoms in total. The number of aliphatic imine (C=N–C) groups is 1. The van der Waals surface area contributed by atoms with Crippen LogP contribution < -0.4 is 15.5 Å². The van der Waals surface area contributed by atoms with Crippen LogP contribution in [-0.4, -0.2) is 32.1 Å². The summed E-state index contributed by atoms with van der Waals surface area (Å²) >= 11 is 0. The number of hydrogen-bond acceptors (Lipinski definition) is 4. The Hall–Kier alpha value is -1.71. The van der Waals surface area contributed by atoms with Gasteiger partial charge in [-0.1, -0.05) is 6.92 Å². The van der Waals surface area contributed by atoms with Crippen molar-refractivity contribution in [1.82, 2.24) is 5.32 Å². The lowest BCUT2D eigenvalue weighted by Gasteiger charge is -2.24. The molecule has 1 aromatic rings. The first kappa shape index (κ1) is 14.2. The number of anilines is 2. The average molecular weight is 286 g/mol. The first-order valence-electron chi connectivity index (χ1n) is 7.85. The first-order chi connectivity index (χ1) is 9.93. The lowest BCUT2D eigenvalue weighted by molar-refractivity contribution is 0.624. The number of guanidine groups is 1. The molecule has 2 unspecified atom stereocenters. The Morgan fingerprint density at radius 3 is 2.48 bits per heavy atom. The van der Waals surface area contributed by atoms with E-state index < -0.39 is 0 Å². The minimum atomic E-state index is 0.550. The largest absolute Gasteiger partial charge is 0.371 e. The number of benzene rings is 1. The van der Waals surface area contributed by atoms with Gasteiger partial charge in [-0.05, 0) is 49.9 Å². The number of hydrogen-bond donors (Lipinski definition) is 2. The number of nitrogens with zero attached hydrogens (tertiary/aromatic N) is 2. The lowest BCUT2D eigenvalue weighted by atomic mass is 9.89. The van der Waals surface area contributed by atoms with Gasteiger partial charge in [0.1, 0.15) is 0 Å². The molecule has 0 fully saturated rings. The van der Waals surface area contributed by atoms with E-state index in [0.29, 0.717) is 12.0 Å². The van der Waals surface area contributed by atoms with Crippen molar-refractivity contribution in [2.75, 3.05) is 30.4 Å². The molecule has 0 spiro atoms. The molecule has 2 aliphatic rings. The summed E-state index contributed by atoms with van der Waals surface area (Å²) in [7, 11) is 2.22. The highest BCUT2D eigenvalue weighted by Crippen LogP contribution is 2.47. The van der Waals surface area contributed by atoms with Gasteiger partial charge in [-0.3, -0.25) is 4.99 Å². The lowest BCUT2D eigenvalue weighted by Crippen LogP contribution is -2.27. The molecule has 114 valence electrons. The second kappa shape index (κ2) is 4.93. The molecule has 2 heterocycles. The van der Waals surface area contributed by atoms with E-state index in [1.807, 2.05) is 0 Å². The highest BCUT2D eigenvalue weighted by Gasteiger charge is 2.35. The second-order valence-corrected chi connectivity index (χ2v) is 6.43. The van der Waals surface area contributed by atoms with Crippen LogP contribution in [0.2, 0.25) is 0 Å². The van der Waals surface area contributed by atoms with Crippen LogP contribution in [0.4, 0.5) is 11.4 Å². The molecule has 2 N–H and O–H groups in total. The number of rotatable bonds is 1. The maximum atomic E-state index is 4.47. The van der Waals surface area contributed by atoms with Crippen LogP contribution in [-0.2, 0) is 0 Å². The highest BCUT2D eigenvalue weighted by atomic mass is 15.2. The molecule has 0 saturated heterocycles. The molecule has 2 aliphatic heterocycles. The summed E-state index contributed by atoms with van der Waals surface area (Å²) in [5, 5.41) is 6.82. The summed E-state index contributed by atoms with van der Waals surface area (Å²) in [5.74, 6) is 1.47. The van der Waals surface area contributed by atoms with Crippen LogP contribution in [0.1, 0.15) is 42.0 Å². The first-order valence-corrected chi connectivity index (χ1v) is 7.85. The van der Waals surface area contributed by atoms with Crippen LogP contribution in [0.25, 0.3) is 0 Å². The molecule has 0 saturated carbocycles. The van der Waals surface area contributed by atoms with Crippen molar-refractivity contribution in [2.45, 2.75) is 46.6 Å². The van der Waals surface area contributed by atoms with Gasteiger partial charge in [0.15, 0.2) is 5.96 Å². The predicted molar refractivity (Wildman–Crippen MR) is 90.9 cm³/mol. The van der Waals surface area contributed by atoms with E-state index in [1.54, 1.807) is 0 Å².